The molecule has 0 aliphatic carbocycles. The number of benzene rings is 1. The average Bonchev–Trinajstić information content (AvgIpc) is 2.28. The summed E-state index contributed by atoms with van der Waals surface area (Å²) in [6.45, 7) is 3.24. The maximum atomic E-state index is 11.2. The van der Waals surface area contributed by atoms with E-state index < -0.39 is 10.6 Å². The van der Waals surface area contributed by atoms with E-state index in [0.717, 1.165) is 6.07 Å². The number of nitrogens with zero attached hydrogens (tertiary/aromatic N) is 2. The molecule has 0 radical (unpaired) electrons. The second-order valence-electron chi connectivity index (χ2n) is 3.23. The minimum Gasteiger partial charge on any atom is -0.492 e. The summed E-state index contributed by atoms with van der Waals surface area (Å²) in [7, 11) is 0. The second kappa shape index (κ2) is 5.07. The normalized spacial score (nSPS) is 9.47. The van der Waals surface area contributed by atoms with Crippen molar-refractivity contribution in [1.29, 1.82) is 5.26 Å². The molecule has 0 aliphatic rings. The number of hydrogen-bond acceptors (Lipinski definition) is 5. The third-order valence-corrected chi connectivity index (χ3v) is 2.10. The van der Waals surface area contributed by atoms with E-state index >= 15 is 0 Å². The van der Waals surface area contributed by atoms with Crippen LogP contribution in [0, 0.1) is 21.4 Å². The summed E-state index contributed by atoms with van der Waals surface area (Å²) in [5, 5.41) is 19.7. The van der Waals surface area contributed by atoms with E-state index in [1.54, 1.807) is 13.0 Å². The van der Waals surface area contributed by atoms with Crippen molar-refractivity contribution in [2.45, 2.75) is 13.8 Å². The summed E-state index contributed by atoms with van der Waals surface area (Å²) in [4.78, 5) is 21.3. The number of ether oxygens (including phenoxy) is 1. The summed E-state index contributed by atoms with van der Waals surface area (Å²) in [5.41, 5.74) is -0.426. The number of nitro groups is 1. The lowest BCUT2D eigenvalue weighted by Gasteiger charge is -2.07. The van der Waals surface area contributed by atoms with Gasteiger partial charge in [0.1, 0.15) is 11.8 Å². The standard InChI is InChI=1S/C11H10N2O4/c1-3-17-11-5-8(7(2)14)4-10(13(15)16)9(11)6-12/h4-5H,3H2,1-2H3. The highest BCUT2D eigenvalue weighted by Crippen LogP contribution is 2.30. The summed E-state index contributed by atoms with van der Waals surface area (Å²) < 4.78 is 5.13. The minimum absolute atomic E-state index is 0.0643. The molecule has 6 heteroatoms. The Bertz CT molecular complexity index is 517. The van der Waals surface area contributed by atoms with Gasteiger partial charge in [0.15, 0.2) is 11.3 Å². The zero-order valence-corrected chi connectivity index (χ0v) is 9.39. The van der Waals surface area contributed by atoms with E-state index in [4.69, 9.17) is 10.00 Å². The molecule has 0 saturated carbocycles. The van der Waals surface area contributed by atoms with Crippen LogP contribution in [0.3, 0.4) is 0 Å². The number of nitro benzene ring substituents is 1. The molecule has 0 spiro atoms. The first kappa shape index (κ1) is 12.6. The fourth-order valence-electron chi connectivity index (χ4n) is 1.33. The zero-order chi connectivity index (χ0) is 13.0. The van der Waals surface area contributed by atoms with E-state index in [1.807, 2.05) is 0 Å². The van der Waals surface area contributed by atoms with Crippen LogP contribution < -0.4 is 4.74 Å². The molecular formula is C11H10N2O4. The van der Waals surface area contributed by atoms with Crippen molar-refractivity contribution in [2.24, 2.45) is 0 Å². The Hall–Kier alpha value is -2.42. The third-order valence-electron chi connectivity index (χ3n) is 2.10. The Morgan fingerprint density at radius 3 is 2.65 bits per heavy atom. The molecule has 1 aromatic carbocycles. The van der Waals surface area contributed by atoms with Crippen molar-refractivity contribution in [1.82, 2.24) is 0 Å². The molecule has 0 aliphatic heterocycles. The molecule has 0 saturated heterocycles. The first-order valence-electron chi connectivity index (χ1n) is 4.87. The number of hydrogen-bond donors (Lipinski definition) is 0. The molecule has 6 nitrogen and oxygen atoms in total. The van der Waals surface area contributed by atoms with Gasteiger partial charge in [0, 0.05) is 11.6 Å². The lowest BCUT2D eigenvalue weighted by atomic mass is 10.1. The predicted octanol–water partition coefficient (Wildman–Crippen LogP) is 2.07. The molecule has 88 valence electrons. The molecule has 0 heterocycles. The molecule has 0 atom stereocenters. The molecule has 0 aromatic heterocycles. The predicted molar refractivity (Wildman–Crippen MR) is 59.0 cm³/mol. The molecule has 0 unspecified atom stereocenters. The fraction of sp³-hybridized carbons (Fsp3) is 0.273. The van der Waals surface area contributed by atoms with Crippen molar-refractivity contribution in [3.05, 3.63) is 33.4 Å². The number of ketones is 1. The maximum absolute atomic E-state index is 11.2. The van der Waals surface area contributed by atoms with Crippen molar-refractivity contribution in [3.8, 4) is 11.8 Å². The van der Waals surface area contributed by atoms with Gasteiger partial charge >= 0.3 is 0 Å². The van der Waals surface area contributed by atoms with Gasteiger partial charge in [-0.25, -0.2) is 0 Å². The van der Waals surface area contributed by atoms with Gasteiger partial charge in [-0.3, -0.25) is 14.9 Å². The van der Waals surface area contributed by atoms with Gasteiger partial charge in [-0.2, -0.15) is 5.26 Å². The number of nitriles is 1. The van der Waals surface area contributed by atoms with Gasteiger partial charge in [-0.1, -0.05) is 0 Å². The van der Waals surface area contributed by atoms with Crippen LogP contribution >= 0.6 is 0 Å². The van der Waals surface area contributed by atoms with Gasteiger partial charge in [0.2, 0.25) is 0 Å². The van der Waals surface area contributed by atoms with Crippen LogP contribution in [-0.4, -0.2) is 17.3 Å². The van der Waals surface area contributed by atoms with Crippen LogP contribution in [0.4, 0.5) is 5.69 Å². The van der Waals surface area contributed by atoms with Gasteiger partial charge in [-0.05, 0) is 19.9 Å². The summed E-state index contributed by atoms with van der Waals surface area (Å²) >= 11 is 0. The molecule has 1 rings (SSSR count). The van der Waals surface area contributed by atoms with Gasteiger partial charge < -0.3 is 4.74 Å². The maximum Gasteiger partial charge on any atom is 0.291 e. The fourth-order valence-corrected chi connectivity index (χ4v) is 1.33. The van der Waals surface area contributed by atoms with Gasteiger partial charge in [0.05, 0.1) is 11.5 Å². The van der Waals surface area contributed by atoms with E-state index in [2.05, 4.69) is 0 Å². The highest BCUT2D eigenvalue weighted by Gasteiger charge is 2.21. The highest BCUT2D eigenvalue weighted by molar-refractivity contribution is 5.95. The smallest absolute Gasteiger partial charge is 0.291 e. The largest absolute Gasteiger partial charge is 0.492 e. The molecule has 1 aromatic rings. The monoisotopic (exact) mass is 234 g/mol. The van der Waals surface area contributed by atoms with Gasteiger partial charge in [0.25, 0.3) is 5.69 Å². The summed E-state index contributed by atoms with van der Waals surface area (Å²) in [5.74, 6) is -0.257. The van der Waals surface area contributed by atoms with Crippen LogP contribution in [0.1, 0.15) is 29.8 Å². The highest BCUT2D eigenvalue weighted by atomic mass is 16.6. The van der Waals surface area contributed by atoms with Crippen molar-refractivity contribution in [3.63, 3.8) is 0 Å². The Morgan fingerprint density at radius 2 is 2.24 bits per heavy atom. The van der Waals surface area contributed by atoms with Gasteiger partial charge in [-0.15, -0.1) is 0 Å². The number of carbonyl (C=O) groups is 1. The lowest BCUT2D eigenvalue weighted by Crippen LogP contribution is -2.03. The van der Waals surface area contributed by atoms with Crippen LogP contribution in [0.15, 0.2) is 12.1 Å². The molecule has 0 amide bonds. The Balaban J connectivity index is 3.52. The van der Waals surface area contributed by atoms with E-state index in [-0.39, 0.29) is 29.3 Å². The van der Waals surface area contributed by atoms with E-state index in [9.17, 15) is 14.9 Å². The van der Waals surface area contributed by atoms with E-state index in [0.29, 0.717) is 0 Å². The Kier molecular flexibility index (Phi) is 3.78. The molecule has 0 fully saturated rings. The van der Waals surface area contributed by atoms with Crippen LogP contribution in [-0.2, 0) is 0 Å². The Labute approximate surface area is 97.6 Å². The summed E-state index contributed by atoms with van der Waals surface area (Å²) in [6, 6.07) is 4.15. The zero-order valence-electron chi connectivity index (χ0n) is 9.39. The first-order valence-corrected chi connectivity index (χ1v) is 4.87. The number of Topliss-reactive ketones (excluding diaryl/α,β-unsaturated/α-hetero) is 1. The topological polar surface area (TPSA) is 93.2 Å². The SMILES string of the molecule is CCOc1cc(C(C)=O)cc([N+](=O)[O-])c1C#N. The molecule has 0 N–H and O–H groups in total. The lowest BCUT2D eigenvalue weighted by molar-refractivity contribution is -0.385. The number of rotatable bonds is 4. The summed E-state index contributed by atoms with van der Waals surface area (Å²) in [6.07, 6.45) is 0. The van der Waals surface area contributed by atoms with Crippen molar-refractivity contribution in [2.75, 3.05) is 6.61 Å². The van der Waals surface area contributed by atoms with Crippen molar-refractivity contribution >= 4 is 11.5 Å². The Morgan fingerprint density at radius 1 is 1.59 bits per heavy atom. The second-order valence-corrected chi connectivity index (χ2v) is 3.23. The molecule has 17 heavy (non-hydrogen) atoms. The average molecular weight is 234 g/mol. The third kappa shape index (κ3) is 2.58. The van der Waals surface area contributed by atoms with Crippen LogP contribution in [0.25, 0.3) is 0 Å². The number of carbonyl (C=O) groups excluding carboxylic acids is 1. The molecule has 0 bridgehead atoms. The van der Waals surface area contributed by atoms with Crippen molar-refractivity contribution < 1.29 is 14.5 Å². The van der Waals surface area contributed by atoms with Crippen LogP contribution in [0.5, 0.6) is 5.75 Å². The first-order chi connectivity index (χ1) is 8.01. The minimum atomic E-state index is -0.701. The molecular weight excluding hydrogens is 224 g/mol. The van der Waals surface area contributed by atoms with E-state index in [1.165, 1.54) is 13.0 Å². The quantitative estimate of drug-likeness (QED) is 0.451. The van der Waals surface area contributed by atoms with Crippen LogP contribution in [0.2, 0.25) is 0 Å².